The van der Waals surface area contributed by atoms with Gasteiger partial charge in [-0.25, -0.2) is 14.4 Å². The largest absolute Gasteiger partial charge is 0.446 e. The number of carbonyl (C=O) groups is 2. The Bertz CT molecular complexity index is 992. The Hall–Kier alpha value is -2.44. The number of rotatable bonds is 7. The summed E-state index contributed by atoms with van der Waals surface area (Å²) in [5.74, 6) is -1.93. The van der Waals surface area contributed by atoms with Crippen LogP contribution in [0.4, 0.5) is 23.2 Å². The van der Waals surface area contributed by atoms with Crippen molar-refractivity contribution in [3.63, 3.8) is 0 Å². The molecule has 0 aliphatic carbocycles. The van der Waals surface area contributed by atoms with Crippen molar-refractivity contribution in [2.45, 2.75) is 47.4 Å². The molecule has 2 aromatic rings. The van der Waals surface area contributed by atoms with Gasteiger partial charge in [0, 0.05) is 47.8 Å². The minimum atomic E-state index is -4.52. The van der Waals surface area contributed by atoms with Crippen LogP contribution in [0.3, 0.4) is 0 Å². The second-order valence-electron chi connectivity index (χ2n) is 7.58. The van der Waals surface area contributed by atoms with E-state index in [1.807, 2.05) is 0 Å². The highest BCUT2D eigenvalue weighted by Crippen LogP contribution is 2.39. The molecule has 0 spiro atoms. The monoisotopic (exact) mass is 520 g/mol. The molecule has 3 rings (SSSR count). The third-order valence-electron chi connectivity index (χ3n) is 5.30. The Kier molecular flexibility index (Phi) is 8.37. The lowest BCUT2D eigenvalue weighted by Crippen LogP contribution is -2.60. The second-order valence-corrected chi connectivity index (χ2v) is 9.10. The van der Waals surface area contributed by atoms with E-state index in [4.69, 9.17) is 16.3 Å². The van der Waals surface area contributed by atoms with Crippen molar-refractivity contribution in [2.24, 2.45) is 0 Å². The molecule has 1 fully saturated rings. The molecule has 1 aromatic heterocycles. The molecule has 1 saturated heterocycles. The Morgan fingerprint density at radius 3 is 2.29 bits per heavy atom. The first-order chi connectivity index (χ1) is 16.0. The molecule has 1 aliphatic heterocycles. The predicted molar refractivity (Wildman–Crippen MR) is 118 cm³/mol. The number of aromatic nitrogens is 2. The van der Waals surface area contributed by atoms with Crippen molar-refractivity contribution < 1.29 is 31.9 Å². The lowest BCUT2D eigenvalue weighted by atomic mass is 9.89. The van der Waals surface area contributed by atoms with Gasteiger partial charge in [-0.15, -0.1) is 0 Å². The molecule has 0 unspecified atom stereocenters. The summed E-state index contributed by atoms with van der Waals surface area (Å²) >= 11 is 5.15. The maximum atomic E-state index is 14.1. The van der Waals surface area contributed by atoms with Gasteiger partial charge in [-0.3, -0.25) is 14.5 Å². The zero-order chi connectivity index (χ0) is 24.9. The Balaban J connectivity index is 2.07. The number of nitrogens with one attached hydrogen (secondary N) is 1. The fourth-order valence-corrected chi connectivity index (χ4v) is 4.22. The third-order valence-corrected chi connectivity index (χ3v) is 6.23. The highest BCUT2D eigenvalue weighted by molar-refractivity contribution is 8.00. The number of halogens is 5. The Morgan fingerprint density at radius 2 is 1.76 bits per heavy atom. The van der Waals surface area contributed by atoms with Crippen LogP contribution in [0, 0.1) is 0 Å². The van der Waals surface area contributed by atoms with Gasteiger partial charge in [0.1, 0.15) is 6.33 Å². The van der Waals surface area contributed by atoms with E-state index in [9.17, 15) is 27.2 Å². The molecular weight excluding hydrogens is 500 g/mol. The molecule has 1 aliphatic rings. The van der Waals surface area contributed by atoms with Crippen molar-refractivity contribution in [3.8, 4) is 0 Å². The number of benzene rings is 1. The number of amides is 2. The van der Waals surface area contributed by atoms with Crippen molar-refractivity contribution in [1.29, 1.82) is 0 Å². The van der Waals surface area contributed by atoms with Gasteiger partial charge in [-0.05, 0) is 55.8 Å². The van der Waals surface area contributed by atoms with E-state index in [2.05, 4.69) is 15.3 Å². The lowest BCUT2D eigenvalue weighted by molar-refractivity contribution is -0.132. The topological polar surface area (TPSA) is 84.4 Å². The standard InChI is InChI=1S/C21H21ClF4N4O3S/c1-20(13-10-27-12-28-11-13,19(32)29-14-6-8-33-9-7-14)30(18(31)17(22)23)15-2-4-16(5-3-15)34-21(24,25)26/h2-5,10-12,14,17H,6-9H2,1H3,(H,29,32)/t17-,20+/m0/s1. The van der Waals surface area contributed by atoms with Crippen molar-refractivity contribution >= 4 is 40.9 Å². The number of nitrogens with zero attached hydrogens (tertiary/aromatic N) is 3. The number of hydrogen-bond donors (Lipinski definition) is 1. The van der Waals surface area contributed by atoms with Crippen LogP contribution in [0.1, 0.15) is 25.3 Å². The molecule has 184 valence electrons. The summed E-state index contributed by atoms with van der Waals surface area (Å²) in [4.78, 5) is 35.1. The summed E-state index contributed by atoms with van der Waals surface area (Å²) in [6.45, 7) is 2.24. The van der Waals surface area contributed by atoms with E-state index in [1.165, 1.54) is 37.8 Å². The third kappa shape index (κ3) is 6.16. The summed E-state index contributed by atoms with van der Waals surface area (Å²) in [6, 6.07) is 4.36. The van der Waals surface area contributed by atoms with Crippen LogP contribution in [0.2, 0.25) is 0 Å². The molecule has 2 heterocycles. The minimum absolute atomic E-state index is 0.0340. The van der Waals surface area contributed by atoms with E-state index in [0.29, 0.717) is 26.1 Å². The van der Waals surface area contributed by atoms with E-state index < -0.39 is 28.5 Å². The molecule has 13 heteroatoms. The Labute approximate surface area is 202 Å². The number of alkyl halides is 5. The molecular formula is C21H21ClF4N4O3S. The van der Waals surface area contributed by atoms with Crippen LogP contribution >= 0.6 is 23.4 Å². The average Bonchev–Trinajstić information content (AvgIpc) is 2.80. The van der Waals surface area contributed by atoms with E-state index in [-0.39, 0.29) is 34.0 Å². The lowest BCUT2D eigenvalue weighted by Gasteiger charge is -2.41. The van der Waals surface area contributed by atoms with Crippen molar-refractivity contribution in [2.75, 3.05) is 18.1 Å². The summed E-state index contributed by atoms with van der Waals surface area (Å²) in [5.41, 5.74) is -8.80. The fourth-order valence-electron chi connectivity index (χ4n) is 3.58. The van der Waals surface area contributed by atoms with Gasteiger partial charge in [0.15, 0.2) is 5.54 Å². The van der Waals surface area contributed by atoms with Gasteiger partial charge in [0.05, 0.1) is 0 Å². The number of thioether (sulfide) groups is 1. The normalized spacial score (nSPS) is 17.5. The van der Waals surface area contributed by atoms with Crippen LogP contribution in [0.15, 0.2) is 47.9 Å². The van der Waals surface area contributed by atoms with Gasteiger partial charge >= 0.3 is 5.51 Å². The second kappa shape index (κ2) is 10.9. The van der Waals surface area contributed by atoms with Gasteiger partial charge in [0.2, 0.25) is 0 Å². The maximum Gasteiger partial charge on any atom is 0.446 e. The molecule has 1 aromatic carbocycles. The van der Waals surface area contributed by atoms with Crippen LogP contribution in [0.5, 0.6) is 0 Å². The van der Waals surface area contributed by atoms with Crippen LogP contribution in [0.25, 0.3) is 0 Å². The van der Waals surface area contributed by atoms with Crippen molar-refractivity contribution in [1.82, 2.24) is 15.3 Å². The first kappa shape index (κ1) is 26.2. The van der Waals surface area contributed by atoms with E-state index >= 15 is 0 Å². The number of hydrogen-bond acceptors (Lipinski definition) is 6. The van der Waals surface area contributed by atoms with Crippen LogP contribution < -0.4 is 10.2 Å². The SMILES string of the molecule is C[C@](C(=O)NC1CCOCC1)(c1cncnc1)N(C(=O)[C@H](F)Cl)c1ccc(SC(F)(F)F)cc1. The molecule has 7 nitrogen and oxygen atoms in total. The first-order valence-electron chi connectivity index (χ1n) is 10.1. The molecule has 2 atom stereocenters. The molecule has 34 heavy (non-hydrogen) atoms. The highest BCUT2D eigenvalue weighted by atomic mass is 35.5. The first-order valence-corrected chi connectivity index (χ1v) is 11.4. The predicted octanol–water partition coefficient (Wildman–Crippen LogP) is 4.17. The van der Waals surface area contributed by atoms with Gasteiger partial charge < -0.3 is 10.1 Å². The van der Waals surface area contributed by atoms with Crippen LogP contribution in [-0.2, 0) is 19.9 Å². The fraction of sp³-hybridized carbons (Fsp3) is 0.429. The maximum absolute atomic E-state index is 14.1. The van der Waals surface area contributed by atoms with Gasteiger partial charge in [-0.1, -0.05) is 11.6 Å². The van der Waals surface area contributed by atoms with Crippen molar-refractivity contribution in [3.05, 3.63) is 48.5 Å². The number of ether oxygens (including phenoxy) is 1. The molecule has 0 saturated carbocycles. The quantitative estimate of drug-likeness (QED) is 0.335. The molecule has 0 radical (unpaired) electrons. The summed E-state index contributed by atoms with van der Waals surface area (Å²) in [7, 11) is 0. The van der Waals surface area contributed by atoms with E-state index in [0.717, 1.165) is 17.0 Å². The summed E-state index contributed by atoms with van der Waals surface area (Å²) < 4.78 is 57.6. The van der Waals surface area contributed by atoms with Crippen LogP contribution in [-0.4, -0.2) is 52.2 Å². The van der Waals surface area contributed by atoms with E-state index in [1.54, 1.807) is 0 Å². The summed E-state index contributed by atoms with van der Waals surface area (Å²) in [6.07, 6.45) is 4.88. The molecule has 1 N–H and O–H groups in total. The average molecular weight is 521 g/mol. The smallest absolute Gasteiger partial charge is 0.381 e. The van der Waals surface area contributed by atoms with Gasteiger partial charge in [-0.2, -0.15) is 13.2 Å². The molecule has 2 amide bonds. The Morgan fingerprint density at radius 1 is 1.18 bits per heavy atom. The summed E-state index contributed by atoms with van der Waals surface area (Å²) in [5, 5.41) is 2.86. The zero-order valence-electron chi connectivity index (χ0n) is 17.9. The highest BCUT2D eigenvalue weighted by Gasteiger charge is 2.47. The minimum Gasteiger partial charge on any atom is -0.381 e. The number of carbonyl (C=O) groups excluding carboxylic acids is 2. The molecule has 0 bridgehead atoms. The number of anilines is 1. The van der Waals surface area contributed by atoms with Gasteiger partial charge in [0.25, 0.3) is 17.4 Å². The zero-order valence-corrected chi connectivity index (χ0v) is 19.5.